The molecule has 1 aliphatic heterocycles. The molecule has 1 aliphatic rings. The Balaban J connectivity index is 0.00000242. The summed E-state index contributed by atoms with van der Waals surface area (Å²) in [5.41, 5.74) is 0.607. The van der Waals surface area contributed by atoms with Crippen LogP contribution < -0.4 is 10.6 Å². The van der Waals surface area contributed by atoms with Gasteiger partial charge < -0.3 is 10.6 Å². The minimum Gasteiger partial charge on any atom is -0.352 e. The molecule has 1 aromatic rings. The van der Waals surface area contributed by atoms with Gasteiger partial charge in [-0.25, -0.2) is 8.42 Å². The highest BCUT2D eigenvalue weighted by molar-refractivity contribution is 7.90. The van der Waals surface area contributed by atoms with E-state index in [9.17, 15) is 22.0 Å². The zero-order valence-electron chi connectivity index (χ0n) is 11.6. The van der Waals surface area contributed by atoms with Gasteiger partial charge in [-0.1, -0.05) is 12.1 Å². The zero-order valence-corrected chi connectivity index (χ0v) is 13.2. The molecule has 0 bridgehead atoms. The van der Waals surface area contributed by atoms with E-state index in [1.54, 1.807) is 0 Å². The first-order chi connectivity index (χ1) is 9.88. The second kappa shape index (κ2) is 7.85. The van der Waals surface area contributed by atoms with Crippen molar-refractivity contribution < 1.29 is 22.0 Å². The number of nitrogens with one attached hydrogen (secondary N) is 2. The number of rotatable bonds is 6. The van der Waals surface area contributed by atoms with Gasteiger partial charge in [0, 0.05) is 31.1 Å². The van der Waals surface area contributed by atoms with Crippen LogP contribution in [0.15, 0.2) is 24.3 Å². The first-order valence-corrected chi connectivity index (χ1v) is 8.17. The Kier molecular flexibility index (Phi) is 6.70. The quantitative estimate of drug-likeness (QED) is 0.805. The number of carbonyl (C=O) groups excluding carboxylic acids is 1. The molecule has 1 fully saturated rings. The van der Waals surface area contributed by atoms with E-state index in [0.29, 0.717) is 18.0 Å². The first-order valence-electron chi connectivity index (χ1n) is 6.46. The maximum Gasteiger partial charge on any atom is 0.337 e. The van der Waals surface area contributed by atoms with Crippen LogP contribution in [0.4, 0.5) is 8.78 Å². The molecule has 1 aromatic carbocycles. The van der Waals surface area contributed by atoms with E-state index in [2.05, 4.69) is 10.6 Å². The molecule has 2 N–H and O–H groups in total. The average molecular weight is 355 g/mol. The highest BCUT2D eigenvalue weighted by Crippen LogP contribution is 2.14. The number of hydrogen-bond acceptors (Lipinski definition) is 4. The molecule has 0 atom stereocenters. The van der Waals surface area contributed by atoms with Crippen LogP contribution in [0.1, 0.15) is 15.9 Å². The summed E-state index contributed by atoms with van der Waals surface area (Å²) < 4.78 is 46.7. The van der Waals surface area contributed by atoms with Gasteiger partial charge in [0.15, 0.2) is 0 Å². The van der Waals surface area contributed by atoms with Crippen LogP contribution in [0.3, 0.4) is 0 Å². The minimum absolute atomic E-state index is 0. The van der Waals surface area contributed by atoms with E-state index < -0.39 is 21.3 Å². The van der Waals surface area contributed by atoms with Crippen molar-refractivity contribution >= 4 is 28.2 Å². The lowest BCUT2D eigenvalue weighted by molar-refractivity contribution is 0.0942. The molecule has 124 valence electrons. The molecule has 1 saturated heterocycles. The van der Waals surface area contributed by atoms with Gasteiger partial charge in [0.05, 0.1) is 5.75 Å². The molecular weight excluding hydrogens is 338 g/mol. The van der Waals surface area contributed by atoms with E-state index in [-0.39, 0.29) is 23.9 Å². The number of halogens is 3. The number of alkyl halides is 2. The number of amides is 1. The summed E-state index contributed by atoms with van der Waals surface area (Å²) in [5.74, 6) is -3.95. The molecular formula is C13H17ClF2N2O3S. The molecule has 0 saturated carbocycles. The Hall–Kier alpha value is -1.25. The molecule has 2 rings (SSSR count). The molecule has 5 nitrogen and oxygen atoms in total. The van der Waals surface area contributed by atoms with E-state index in [1.807, 2.05) is 0 Å². The fourth-order valence-electron chi connectivity index (χ4n) is 1.88. The predicted molar refractivity (Wildman–Crippen MR) is 81.0 cm³/mol. The molecule has 0 unspecified atom stereocenters. The normalized spacial score (nSPS) is 15.0. The summed E-state index contributed by atoms with van der Waals surface area (Å²) >= 11 is 0. The Morgan fingerprint density at radius 1 is 1.27 bits per heavy atom. The summed E-state index contributed by atoms with van der Waals surface area (Å²) in [6.07, 6.45) is 0. The summed E-state index contributed by atoms with van der Waals surface area (Å²) in [4.78, 5) is 11.8. The lowest BCUT2D eigenvalue weighted by Gasteiger charge is -2.27. The monoisotopic (exact) mass is 354 g/mol. The van der Waals surface area contributed by atoms with Crippen LogP contribution in [0.5, 0.6) is 0 Å². The molecule has 0 radical (unpaired) electrons. The topological polar surface area (TPSA) is 75.3 Å². The second-order valence-corrected chi connectivity index (χ2v) is 6.97. The highest BCUT2D eigenvalue weighted by Gasteiger charge is 2.24. The Morgan fingerprint density at radius 2 is 1.86 bits per heavy atom. The van der Waals surface area contributed by atoms with Gasteiger partial charge in [-0.3, -0.25) is 4.79 Å². The van der Waals surface area contributed by atoms with Crippen molar-refractivity contribution in [2.75, 3.05) is 19.6 Å². The van der Waals surface area contributed by atoms with E-state index >= 15 is 0 Å². The van der Waals surface area contributed by atoms with Gasteiger partial charge in [0.1, 0.15) is 0 Å². The van der Waals surface area contributed by atoms with Crippen molar-refractivity contribution in [3.63, 3.8) is 0 Å². The maximum atomic E-state index is 12.3. The number of benzene rings is 1. The van der Waals surface area contributed by atoms with Crippen LogP contribution >= 0.6 is 12.4 Å². The average Bonchev–Trinajstić information content (AvgIpc) is 2.37. The van der Waals surface area contributed by atoms with E-state index in [4.69, 9.17) is 0 Å². The van der Waals surface area contributed by atoms with Crippen molar-refractivity contribution in [2.24, 2.45) is 5.92 Å². The molecule has 1 amide bonds. The molecule has 9 heteroatoms. The third-order valence-electron chi connectivity index (χ3n) is 3.27. The summed E-state index contributed by atoms with van der Waals surface area (Å²) in [6.45, 7) is 2.34. The van der Waals surface area contributed by atoms with Gasteiger partial charge in [-0.15, -0.1) is 12.4 Å². The molecule has 0 aromatic heterocycles. The third-order valence-corrected chi connectivity index (χ3v) is 4.55. The van der Waals surface area contributed by atoms with Crippen molar-refractivity contribution in [3.05, 3.63) is 35.4 Å². The molecule has 1 heterocycles. The van der Waals surface area contributed by atoms with Crippen LogP contribution in [-0.4, -0.2) is 39.7 Å². The van der Waals surface area contributed by atoms with Crippen LogP contribution in [0.25, 0.3) is 0 Å². The second-order valence-electron chi connectivity index (χ2n) is 5.00. The SMILES string of the molecule is Cl.O=C(NCC1CNC1)c1ccc(CS(=O)(=O)C(F)F)cc1. The lowest BCUT2D eigenvalue weighted by atomic mass is 10.0. The Labute approximate surface area is 133 Å². The standard InChI is InChI=1S/C13H16F2N2O3S.ClH/c14-13(15)21(19,20)8-9-1-3-11(4-2-9)12(18)17-7-10-5-16-6-10;/h1-4,10,13,16H,5-8H2,(H,17,18);1H. The van der Waals surface area contributed by atoms with Crippen molar-refractivity contribution in [1.29, 1.82) is 0 Å². The summed E-state index contributed by atoms with van der Waals surface area (Å²) in [5, 5.41) is 5.86. The van der Waals surface area contributed by atoms with Gasteiger partial charge in [0.25, 0.3) is 5.91 Å². The van der Waals surface area contributed by atoms with Gasteiger partial charge >= 0.3 is 5.76 Å². The van der Waals surface area contributed by atoms with E-state index in [1.165, 1.54) is 24.3 Å². The van der Waals surface area contributed by atoms with Crippen molar-refractivity contribution in [1.82, 2.24) is 10.6 Å². The highest BCUT2D eigenvalue weighted by atomic mass is 35.5. The van der Waals surface area contributed by atoms with Gasteiger partial charge in [-0.2, -0.15) is 8.78 Å². The molecule has 0 spiro atoms. The smallest absolute Gasteiger partial charge is 0.337 e. The summed E-state index contributed by atoms with van der Waals surface area (Å²) in [6, 6.07) is 5.62. The van der Waals surface area contributed by atoms with Gasteiger partial charge in [-0.05, 0) is 17.7 Å². The van der Waals surface area contributed by atoms with Gasteiger partial charge in [0.2, 0.25) is 9.84 Å². The van der Waals surface area contributed by atoms with Crippen molar-refractivity contribution in [3.8, 4) is 0 Å². The number of hydrogen-bond donors (Lipinski definition) is 2. The third kappa shape index (κ3) is 4.89. The van der Waals surface area contributed by atoms with Crippen LogP contribution in [-0.2, 0) is 15.6 Å². The number of carbonyl (C=O) groups is 1. The lowest BCUT2D eigenvalue weighted by Crippen LogP contribution is -2.48. The van der Waals surface area contributed by atoms with Crippen LogP contribution in [0.2, 0.25) is 0 Å². The Morgan fingerprint density at radius 3 is 2.32 bits per heavy atom. The van der Waals surface area contributed by atoms with Crippen molar-refractivity contribution in [2.45, 2.75) is 11.5 Å². The predicted octanol–water partition coefficient (Wildman–Crippen LogP) is 1.19. The minimum atomic E-state index is -4.44. The maximum absolute atomic E-state index is 12.3. The van der Waals surface area contributed by atoms with E-state index in [0.717, 1.165) is 13.1 Å². The molecule has 22 heavy (non-hydrogen) atoms. The fraction of sp³-hybridized carbons (Fsp3) is 0.462. The zero-order chi connectivity index (χ0) is 15.5. The molecule has 0 aliphatic carbocycles. The Bertz CT molecular complexity index is 604. The summed E-state index contributed by atoms with van der Waals surface area (Å²) in [7, 11) is -4.44. The number of sulfone groups is 1. The largest absolute Gasteiger partial charge is 0.352 e. The fourth-order valence-corrected chi connectivity index (χ4v) is 2.66. The van der Waals surface area contributed by atoms with Crippen LogP contribution in [0, 0.1) is 5.92 Å². The first kappa shape index (κ1) is 18.8.